The molecule has 1 saturated carbocycles. The van der Waals surface area contributed by atoms with Crippen molar-refractivity contribution in [1.29, 1.82) is 0 Å². The van der Waals surface area contributed by atoms with E-state index >= 15 is 0 Å². The maximum absolute atomic E-state index is 12.1. The number of amides is 1. The summed E-state index contributed by atoms with van der Waals surface area (Å²) < 4.78 is 0. The van der Waals surface area contributed by atoms with Gasteiger partial charge in [-0.25, -0.2) is 4.98 Å². The Bertz CT molecular complexity index is 458. The van der Waals surface area contributed by atoms with Crippen LogP contribution in [0.25, 0.3) is 0 Å². The molecule has 2 N–H and O–H groups in total. The molecule has 0 unspecified atom stereocenters. The minimum atomic E-state index is -0.0774. The zero-order chi connectivity index (χ0) is 14.4. The number of hydrogen-bond acceptors (Lipinski definition) is 3. The van der Waals surface area contributed by atoms with Gasteiger partial charge < -0.3 is 10.6 Å². The first-order chi connectivity index (χ1) is 9.69. The first kappa shape index (κ1) is 15.1. The lowest BCUT2D eigenvalue weighted by Crippen LogP contribution is -2.25. The lowest BCUT2D eigenvalue weighted by atomic mass is 10.0. The molecule has 0 spiro atoms. The first-order valence-corrected chi connectivity index (χ1v) is 7.76. The van der Waals surface area contributed by atoms with Crippen molar-refractivity contribution in [3.8, 4) is 0 Å². The van der Waals surface area contributed by atoms with E-state index in [2.05, 4.69) is 15.6 Å². The van der Waals surface area contributed by atoms with E-state index in [1.807, 2.05) is 6.92 Å². The summed E-state index contributed by atoms with van der Waals surface area (Å²) in [6, 6.07) is 3.34. The van der Waals surface area contributed by atoms with Crippen molar-refractivity contribution in [3.05, 3.63) is 22.8 Å². The van der Waals surface area contributed by atoms with E-state index in [-0.39, 0.29) is 5.91 Å². The van der Waals surface area contributed by atoms with Gasteiger partial charge in [0.2, 0.25) is 0 Å². The number of anilines is 1. The van der Waals surface area contributed by atoms with Crippen molar-refractivity contribution >= 4 is 23.3 Å². The Kier molecular flexibility index (Phi) is 5.65. The number of hydrogen-bond donors (Lipinski definition) is 2. The normalized spacial score (nSPS) is 15.3. The smallest absolute Gasteiger partial charge is 0.251 e. The second kappa shape index (κ2) is 7.48. The molecule has 1 aromatic rings. The lowest BCUT2D eigenvalue weighted by Gasteiger charge is -2.11. The zero-order valence-corrected chi connectivity index (χ0v) is 12.7. The van der Waals surface area contributed by atoms with E-state index in [1.165, 1.54) is 25.7 Å². The van der Waals surface area contributed by atoms with E-state index in [9.17, 15) is 4.79 Å². The van der Waals surface area contributed by atoms with Crippen molar-refractivity contribution in [2.75, 3.05) is 18.4 Å². The molecule has 4 nitrogen and oxygen atoms in total. The number of aromatic nitrogens is 1. The van der Waals surface area contributed by atoms with Crippen LogP contribution in [0.15, 0.2) is 12.1 Å². The van der Waals surface area contributed by atoms with E-state index in [4.69, 9.17) is 11.6 Å². The quantitative estimate of drug-likeness (QED) is 0.790. The molecule has 1 amide bonds. The highest BCUT2D eigenvalue weighted by Crippen LogP contribution is 2.26. The molecular weight excluding hydrogens is 274 g/mol. The van der Waals surface area contributed by atoms with E-state index in [1.54, 1.807) is 12.1 Å². The van der Waals surface area contributed by atoms with E-state index in [0.29, 0.717) is 16.5 Å². The minimum absolute atomic E-state index is 0.0774. The third kappa shape index (κ3) is 4.37. The number of rotatable bonds is 6. The molecule has 1 aromatic heterocycles. The van der Waals surface area contributed by atoms with Gasteiger partial charge in [0.15, 0.2) is 0 Å². The van der Waals surface area contributed by atoms with Crippen LogP contribution in [0.1, 0.15) is 49.4 Å². The van der Waals surface area contributed by atoms with Crippen molar-refractivity contribution in [2.45, 2.75) is 39.0 Å². The fraction of sp³-hybridized carbons (Fsp3) is 0.600. The van der Waals surface area contributed by atoms with E-state index < -0.39 is 0 Å². The van der Waals surface area contributed by atoms with Gasteiger partial charge in [0.1, 0.15) is 11.0 Å². The molecule has 1 fully saturated rings. The molecule has 20 heavy (non-hydrogen) atoms. The molecule has 0 atom stereocenters. The van der Waals surface area contributed by atoms with E-state index in [0.717, 1.165) is 25.4 Å². The summed E-state index contributed by atoms with van der Waals surface area (Å²) in [5.74, 6) is 1.35. The van der Waals surface area contributed by atoms with Gasteiger partial charge in [0.25, 0.3) is 5.91 Å². The Morgan fingerprint density at radius 2 is 2.15 bits per heavy atom. The van der Waals surface area contributed by atoms with Crippen molar-refractivity contribution in [2.24, 2.45) is 5.92 Å². The molecule has 1 aliphatic carbocycles. The first-order valence-electron chi connectivity index (χ1n) is 7.38. The molecule has 110 valence electrons. The Morgan fingerprint density at radius 1 is 1.40 bits per heavy atom. The van der Waals surface area contributed by atoms with Gasteiger partial charge in [0, 0.05) is 18.7 Å². The highest BCUT2D eigenvalue weighted by atomic mass is 35.5. The minimum Gasteiger partial charge on any atom is -0.370 e. The predicted molar refractivity (Wildman–Crippen MR) is 82.3 cm³/mol. The highest BCUT2D eigenvalue weighted by Gasteiger charge is 2.15. The monoisotopic (exact) mass is 295 g/mol. The van der Waals surface area contributed by atoms with Crippen LogP contribution in [0.2, 0.25) is 5.15 Å². The largest absolute Gasteiger partial charge is 0.370 e. The van der Waals surface area contributed by atoms with Crippen LogP contribution in [-0.2, 0) is 0 Å². The third-order valence-corrected chi connectivity index (χ3v) is 3.92. The second-order valence-electron chi connectivity index (χ2n) is 5.29. The van der Waals surface area contributed by atoms with Crippen LogP contribution in [0, 0.1) is 5.92 Å². The van der Waals surface area contributed by atoms with Crippen LogP contribution >= 0.6 is 11.6 Å². The summed E-state index contributed by atoms with van der Waals surface area (Å²) in [4.78, 5) is 16.2. The number of carbonyl (C=O) groups is 1. The summed E-state index contributed by atoms with van der Waals surface area (Å²) in [6.45, 7) is 3.46. The fourth-order valence-electron chi connectivity index (χ4n) is 2.69. The predicted octanol–water partition coefficient (Wildman–Crippen LogP) is 3.48. The molecule has 0 radical (unpaired) electrons. The molecule has 1 aliphatic rings. The molecule has 0 bridgehead atoms. The van der Waals surface area contributed by atoms with Gasteiger partial charge in [-0.1, -0.05) is 37.3 Å². The summed E-state index contributed by atoms with van der Waals surface area (Å²) in [5, 5.41) is 6.38. The van der Waals surface area contributed by atoms with Gasteiger partial charge in [-0.15, -0.1) is 0 Å². The number of carbonyl (C=O) groups excluding carboxylic acids is 1. The highest BCUT2D eigenvalue weighted by molar-refractivity contribution is 6.29. The SMILES string of the molecule is CCNc1cc(C(=O)NCCC2CCCC2)cc(Cl)n1. The average molecular weight is 296 g/mol. The molecule has 0 aliphatic heterocycles. The number of nitrogens with one attached hydrogen (secondary N) is 2. The standard InChI is InChI=1S/C15H22ClN3O/c1-2-17-14-10-12(9-13(16)19-14)15(20)18-8-7-11-5-3-4-6-11/h9-11H,2-8H2,1H3,(H,17,19)(H,18,20). The summed E-state index contributed by atoms with van der Waals surface area (Å²) in [7, 11) is 0. The number of nitrogens with zero attached hydrogens (tertiary/aromatic N) is 1. The Balaban J connectivity index is 1.87. The van der Waals surface area contributed by atoms with Crippen LogP contribution in [-0.4, -0.2) is 24.0 Å². The Hall–Kier alpha value is -1.29. The van der Waals surface area contributed by atoms with Crippen molar-refractivity contribution in [3.63, 3.8) is 0 Å². The molecule has 2 rings (SSSR count). The Labute approximate surface area is 125 Å². The summed E-state index contributed by atoms with van der Waals surface area (Å²) in [5.41, 5.74) is 0.562. The van der Waals surface area contributed by atoms with Gasteiger partial charge in [-0.3, -0.25) is 4.79 Å². The lowest BCUT2D eigenvalue weighted by molar-refractivity contribution is 0.0951. The zero-order valence-electron chi connectivity index (χ0n) is 11.9. The molecule has 1 heterocycles. The number of halogens is 1. The van der Waals surface area contributed by atoms with Gasteiger partial charge in [-0.2, -0.15) is 0 Å². The van der Waals surface area contributed by atoms with Crippen LogP contribution in [0.3, 0.4) is 0 Å². The maximum atomic E-state index is 12.1. The summed E-state index contributed by atoms with van der Waals surface area (Å²) in [6.07, 6.45) is 6.36. The average Bonchev–Trinajstić information content (AvgIpc) is 2.91. The maximum Gasteiger partial charge on any atom is 0.251 e. The second-order valence-corrected chi connectivity index (χ2v) is 5.68. The van der Waals surface area contributed by atoms with Crippen LogP contribution in [0.5, 0.6) is 0 Å². The van der Waals surface area contributed by atoms with Gasteiger partial charge in [-0.05, 0) is 31.4 Å². The topological polar surface area (TPSA) is 54.0 Å². The summed E-state index contributed by atoms with van der Waals surface area (Å²) >= 11 is 5.94. The molecule has 5 heteroatoms. The third-order valence-electron chi connectivity index (χ3n) is 3.73. The Morgan fingerprint density at radius 3 is 2.85 bits per heavy atom. The van der Waals surface area contributed by atoms with Gasteiger partial charge in [0.05, 0.1) is 0 Å². The van der Waals surface area contributed by atoms with Crippen LogP contribution in [0.4, 0.5) is 5.82 Å². The number of pyridine rings is 1. The van der Waals surface area contributed by atoms with Gasteiger partial charge >= 0.3 is 0 Å². The molecular formula is C15H22ClN3O. The molecule has 0 saturated heterocycles. The van der Waals surface area contributed by atoms with Crippen LogP contribution < -0.4 is 10.6 Å². The molecule has 0 aromatic carbocycles. The van der Waals surface area contributed by atoms with Crippen molar-refractivity contribution in [1.82, 2.24) is 10.3 Å². The van der Waals surface area contributed by atoms with Crippen molar-refractivity contribution < 1.29 is 4.79 Å². The fourth-order valence-corrected chi connectivity index (χ4v) is 2.90.